The summed E-state index contributed by atoms with van der Waals surface area (Å²) in [6.45, 7) is 9.64. The summed E-state index contributed by atoms with van der Waals surface area (Å²) in [5.41, 5.74) is 2.65. The van der Waals surface area contributed by atoms with Crippen molar-refractivity contribution in [2.24, 2.45) is 0 Å². The summed E-state index contributed by atoms with van der Waals surface area (Å²) < 4.78 is 82.7. The Balaban J connectivity index is 1.59. The quantitative estimate of drug-likeness (QED) is 0.159. The number of likely N-dealkylation sites (tertiary alicyclic amines) is 2. The summed E-state index contributed by atoms with van der Waals surface area (Å²) in [5.74, 6) is -2.45. The van der Waals surface area contributed by atoms with Crippen molar-refractivity contribution in [2.45, 2.75) is 57.4 Å². The molecule has 2 aromatic carbocycles. The minimum Gasteiger partial charge on any atom is -0.462 e. The first-order valence-electron chi connectivity index (χ1n) is 15.9. The molecule has 0 bridgehead atoms. The van der Waals surface area contributed by atoms with Crippen LogP contribution in [-0.2, 0) is 11.0 Å². The standard InChI is InChI=1S/C34H34F5N7O2S/c1-5-25(47)46-13-11-24(17(46)3)44(4)32-20-14-22(34(37,38)39)27(19-9-10-23(35)30-26(19)21(15-40)31(41)49-30)28(36)29(20)42-33(43-32)48-16-18-8-7-12-45(18)6-2/h5,9-10,14,17-18,24H,1,6-8,11-13,16,41H2,2-4H3/t17-,18+,24-/m1/s1. The van der Waals surface area contributed by atoms with Gasteiger partial charge >= 0.3 is 12.2 Å². The molecule has 0 radical (unpaired) electrons. The highest BCUT2D eigenvalue weighted by Gasteiger charge is 2.40. The molecular weight excluding hydrogens is 665 g/mol. The zero-order chi connectivity index (χ0) is 35.4. The Kier molecular flexibility index (Phi) is 9.14. The van der Waals surface area contributed by atoms with Crippen molar-refractivity contribution in [3.8, 4) is 23.2 Å². The normalized spacial score (nSPS) is 19.9. The molecule has 2 fully saturated rings. The highest BCUT2D eigenvalue weighted by molar-refractivity contribution is 7.23. The Morgan fingerprint density at radius 1 is 1.27 bits per heavy atom. The zero-order valence-electron chi connectivity index (χ0n) is 27.1. The van der Waals surface area contributed by atoms with E-state index in [1.54, 1.807) is 16.8 Å². The van der Waals surface area contributed by atoms with Gasteiger partial charge in [0.05, 0.1) is 21.9 Å². The van der Waals surface area contributed by atoms with Crippen LogP contribution in [0.3, 0.4) is 0 Å². The number of carbonyl (C=O) groups excluding carboxylic acids is 1. The number of aromatic nitrogens is 2. The predicted molar refractivity (Wildman–Crippen MR) is 178 cm³/mol. The number of nitriles is 1. The number of halogens is 5. The molecular formula is C34H34F5N7O2S. The second-order valence-electron chi connectivity index (χ2n) is 12.3. The fraction of sp³-hybridized carbons (Fsp3) is 0.412. The molecule has 9 nitrogen and oxygen atoms in total. The number of nitrogens with zero attached hydrogens (tertiary/aromatic N) is 6. The number of amides is 1. The van der Waals surface area contributed by atoms with Gasteiger partial charge in [0.25, 0.3) is 0 Å². The molecule has 0 aliphatic carbocycles. The van der Waals surface area contributed by atoms with Crippen LogP contribution in [0.2, 0.25) is 0 Å². The lowest BCUT2D eigenvalue weighted by molar-refractivity contribution is -0.137. The SMILES string of the molecule is C=CC(=O)N1CC[C@@H](N(C)c2nc(OC[C@@H]3CCCN3CC)nc3c(F)c(-c4ccc(F)c5sc(N)c(C#N)c45)c(C(F)(F)F)cc23)[C@H]1C. The average Bonchev–Trinajstić information content (AvgIpc) is 3.79. The third-order valence-electron chi connectivity index (χ3n) is 9.71. The molecule has 4 heterocycles. The lowest BCUT2D eigenvalue weighted by atomic mass is 9.92. The molecule has 2 saturated heterocycles. The van der Waals surface area contributed by atoms with Gasteiger partial charge in [-0.25, -0.2) is 8.78 Å². The van der Waals surface area contributed by atoms with Gasteiger partial charge in [0, 0.05) is 42.0 Å². The van der Waals surface area contributed by atoms with E-state index in [9.17, 15) is 27.6 Å². The lowest BCUT2D eigenvalue weighted by Gasteiger charge is -2.32. The minimum absolute atomic E-state index is 0.0128. The van der Waals surface area contributed by atoms with Crippen LogP contribution < -0.4 is 15.4 Å². The van der Waals surface area contributed by atoms with Crippen molar-refractivity contribution < 1.29 is 31.5 Å². The summed E-state index contributed by atoms with van der Waals surface area (Å²) in [7, 11) is 1.63. The molecule has 49 heavy (non-hydrogen) atoms. The molecule has 15 heteroatoms. The maximum Gasteiger partial charge on any atom is 0.417 e. The maximum atomic E-state index is 17.0. The van der Waals surface area contributed by atoms with Crippen LogP contribution in [0.15, 0.2) is 30.9 Å². The van der Waals surface area contributed by atoms with Crippen LogP contribution >= 0.6 is 11.3 Å². The van der Waals surface area contributed by atoms with Crippen LogP contribution in [-0.4, -0.2) is 77.1 Å². The van der Waals surface area contributed by atoms with Crippen LogP contribution in [0.4, 0.5) is 32.8 Å². The van der Waals surface area contributed by atoms with Crippen LogP contribution in [0.25, 0.3) is 32.1 Å². The van der Waals surface area contributed by atoms with Gasteiger partial charge in [0.1, 0.15) is 34.8 Å². The molecule has 6 rings (SSSR count). The minimum atomic E-state index is -5.09. The number of likely N-dealkylation sites (N-methyl/N-ethyl adjacent to an activating group) is 2. The molecule has 1 amide bonds. The van der Waals surface area contributed by atoms with Gasteiger partial charge in [-0.2, -0.15) is 28.4 Å². The third kappa shape index (κ3) is 5.90. The molecule has 0 unspecified atom stereocenters. The number of ether oxygens (including phenoxy) is 1. The Bertz CT molecular complexity index is 2010. The van der Waals surface area contributed by atoms with E-state index in [1.807, 2.05) is 19.9 Å². The number of thiophene rings is 1. The van der Waals surface area contributed by atoms with Gasteiger partial charge in [-0.05, 0) is 63.0 Å². The number of hydrogen-bond donors (Lipinski definition) is 1. The first-order chi connectivity index (χ1) is 23.3. The number of carbonyl (C=O) groups is 1. The fourth-order valence-corrected chi connectivity index (χ4v) is 8.17. The van der Waals surface area contributed by atoms with Crippen molar-refractivity contribution >= 4 is 49.1 Å². The number of fused-ring (bicyclic) bond motifs is 2. The van der Waals surface area contributed by atoms with Gasteiger partial charge in [0.15, 0.2) is 5.82 Å². The monoisotopic (exact) mass is 699 g/mol. The predicted octanol–water partition coefficient (Wildman–Crippen LogP) is 6.74. The Morgan fingerprint density at radius 2 is 2.02 bits per heavy atom. The van der Waals surface area contributed by atoms with E-state index in [0.717, 1.165) is 44.1 Å². The average molecular weight is 700 g/mol. The maximum absolute atomic E-state index is 17.0. The third-order valence-corrected chi connectivity index (χ3v) is 10.7. The van der Waals surface area contributed by atoms with Gasteiger partial charge in [-0.1, -0.05) is 19.6 Å². The van der Waals surface area contributed by atoms with Crippen molar-refractivity contribution in [2.75, 3.05) is 43.9 Å². The molecule has 2 aliphatic heterocycles. The Hall–Kier alpha value is -4.55. The topological polar surface area (TPSA) is 112 Å². The van der Waals surface area contributed by atoms with Gasteiger partial charge in [-0.15, -0.1) is 11.3 Å². The number of rotatable bonds is 8. The summed E-state index contributed by atoms with van der Waals surface area (Å²) in [6.07, 6.45) is -1.60. The number of alkyl halides is 3. The fourth-order valence-electron chi connectivity index (χ4n) is 7.22. The van der Waals surface area contributed by atoms with Crippen LogP contribution in [0, 0.1) is 23.0 Å². The summed E-state index contributed by atoms with van der Waals surface area (Å²) in [5, 5.41) is 9.25. The van der Waals surface area contributed by atoms with Crippen LogP contribution in [0.1, 0.15) is 44.2 Å². The van der Waals surface area contributed by atoms with E-state index in [0.29, 0.717) is 24.3 Å². The van der Waals surface area contributed by atoms with Crippen molar-refractivity contribution in [1.82, 2.24) is 19.8 Å². The second-order valence-corrected chi connectivity index (χ2v) is 13.3. The molecule has 2 aliphatic rings. The zero-order valence-corrected chi connectivity index (χ0v) is 27.9. The molecule has 0 saturated carbocycles. The lowest BCUT2D eigenvalue weighted by Crippen LogP contribution is -2.43. The number of anilines is 2. The molecule has 2 aromatic heterocycles. The number of nitrogen functional groups attached to an aromatic ring is 1. The highest BCUT2D eigenvalue weighted by atomic mass is 32.1. The smallest absolute Gasteiger partial charge is 0.417 e. The molecule has 2 N–H and O–H groups in total. The first-order valence-corrected chi connectivity index (χ1v) is 16.7. The van der Waals surface area contributed by atoms with E-state index in [1.165, 1.54) is 6.08 Å². The highest BCUT2D eigenvalue weighted by Crippen LogP contribution is 2.48. The largest absolute Gasteiger partial charge is 0.462 e. The summed E-state index contributed by atoms with van der Waals surface area (Å²) in [4.78, 5) is 26.8. The van der Waals surface area contributed by atoms with Gasteiger partial charge in [0.2, 0.25) is 5.91 Å². The van der Waals surface area contributed by atoms with E-state index in [4.69, 9.17) is 10.5 Å². The molecule has 3 atom stereocenters. The molecule has 4 aromatic rings. The van der Waals surface area contributed by atoms with E-state index in [2.05, 4.69) is 21.4 Å². The Morgan fingerprint density at radius 3 is 2.69 bits per heavy atom. The van der Waals surface area contributed by atoms with E-state index in [-0.39, 0.29) is 68.0 Å². The summed E-state index contributed by atoms with van der Waals surface area (Å²) in [6, 6.07) is 3.59. The number of hydrogen-bond acceptors (Lipinski definition) is 9. The summed E-state index contributed by atoms with van der Waals surface area (Å²) >= 11 is 0.695. The molecule has 0 spiro atoms. The van der Waals surface area contributed by atoms with Gasteiger partial charge in [-0.3, -0.25) is 9.69 Å². The van der Waals surface area contributed by atoms with Crippen molar-refractivity contribution in [1.29, 1.82) is 5.26 Å². The van der Waals surface area contributed by atoms with Crippen LogP contribution in [0.5, 0.6) is 6.01 Å². The second kappa shape index (κ2) is 13.1. The Labute approximate surface area is 283 Å². The number of nitrogens with two attached hydrogens (primary N) is 1. The first kappa shape index (κ1) is 34.3. The van der Waals surface area contributed by atoms with E-state index >= 15 is 4.39 Å². The van der Waals surface area contributed by atoms with E-state index < -0.39 is 40.5 Å². The molecule has 258 valence electrons. The van der Waals surface area contributed by atoms with Gasteiger partial charge < -0.3 is 20.3 Å². The number of benzene rings is 2. The van der Waals surface area contributed by atoms with Crippen molar-refractivity contribution in [3.63, 3.8) is 0 Å². The van der Waals surface area contributed by atoms with Crippen molar-refractivity contribution in [3.05, 3.63) is 53.6 Å².